The summed E-state index contributed by atoms with van der Waals surface area (Å²) in [5, 5.41) is 2.96. The normalized spacial score (nSPS) is 10.9. The molecule has 4 aromatic rings. The van der Waals surface area contributed by atoms with Gasteiger partial charge in [0.2, 0.25) is 0 Å². The number of benzene rings is 2. The Bertz CT molecular complexity index is 1150. The molecule has 1 N–H and O–H groups in total. The van der Waals surface area contributed by atoms with Gasteiger partial charge in [-0.2, -0.15) is 0 Å². The third-order valence-electron chi connectivity index (χ3n) is 5.20. The molecule has 6 heteroatoms. The van der Waals surface area contributed by atoms with E-state index in [4.69, 9.17) is 9.72 Å². The lowest BCUT2D eigenvalue weighted by molar-refractivity contribution is 0.0953. The highest BCUT2D eigenvalue weighted by Crippen LogP contribution is 2.19. The second kappa shape index (κ2) is 9.89. The van der Waals surface area contributed by atoms with E-state index < -0.39 is 0 Å². The van der Waals surface area contributed by atoms with Gasteiger partial charge in [0.15, 0.2) is 0 Å². The Morgan fingerprint density at radius 3 is 2.65 bits per heavy atom. The number of aryl methyl sites for hydroxylation is 2. The minimum Gasteiger partial charge on any atom is -0.491 e. The topological polar surface area (TPSA) is 69.0 Å². The number of nitrogens with one attached hydrogen (secondary N) is 1. The van der Waals surface area contributed by atoms with E-state index >= 15 is 0 Å². The van der Waals surface area contributed by atoms with Crippen molar-refractivity contribution >= 4 is 16.9 Å². The average molecular weight is 415 g/mol. The van der Waals surface area contributed by atoms with Crippen molar-refractivity contribution in [3.05, 3.63) is 90.0 Å². The lowest BCUT2D eigenvalue weighted by atomic mass is 10.2. The Morgan fingerprint density at radius 2 is 1.81 bits per heavy atom. The molecule has 0 radical (unpaired) electrons. The number of aromatic nitrogens is 3. The number of carbonyl (C=O) groups is 1. The molecule has 0 aliphatic carbocycles. The van der Waals surface area contributed by atoms with E-state index in [1.165, 1.54) is 0 Å². The Labute approximate surface area is 181 Å². The Morgan fingerprint density at radius 1 is 1.03 bits per heavy atom. The number of para-hydroxylation sites is 3. The maximum Gasteiger partial charge on any atom is 0.251 e. The van der Waals surface area contributed by atoms with Crippen LogP contribution in [0.25, 0.3) is 11.0 Å². The summed E-state index contributed by atoms with van der Waals surface area (Å²) in [5.41, 5.74) is 3.83. The van der Waals surface area contributed by atoms with Crippen molar-refractivity contribution in [3.8, 4) is 5.75 Å². The quantitative estimate of drug-likeness (QED) is 0.417. The van der Waals surface area contributed by atoms with Crippen LogP contribution in [0.3, 0.4) is 0 Å². The van der Waals surface area contributed by atoms with E-state index in [1.807, 2.05) is 49.4 Å². The van der Waals surface area contributed by atoms with Crippen LogP contribution in [0.15, 0.2) is 73.1 Å². The van der Waals surface area contributed by atoms with Gasteiger partial charge in [-0.05, 0) is 49.2 Å². The molecule has 0 spiro atoms. The first-order valence-electron chi connectivity index (χ1n) is 10.5. The maximum absolute atomic E-state index is 12.2. The number of fused-ring (bicyclic) bond motifs is 1. The van der Waals surface area contributed by atoms with E-state index in [0.29, 0.717) is 25.3 Å². The number of rotatable bonds is 9. The van der Waals surface area contributed by atoms with Gasteiger partial charge in [0.05, 0.1) is 17.6 Å². The molecule has 158 valence electrons. The van der Waals surface area contributed by atoms with Crippen LogP contribution in [0.1, 0.15) is 28.2 Å². The Kier molecular flexibility index (Phi) is 6.57. The molecule has 2 heterocycles. The summed E-state index contributed by atoms with van der Waals surface area (Å²) in [6.45, 7) is 3.92. The van der Waals surface area contributed by atoms with E-state index in [9.17, 15) is 4.79 Å². The highest BCUT2D eigenvalue weighted by molar-refractivity contribution is 5.93. The second-order valence-electron chi connectivity index (χ2n) is 7.38. The number of carbonyl (C=O) groups excluding carboxylic acids is 1. The van der Waals surface area contributed by atoms with Crippen LogP contribution in [0.4, 0.5) is 0 Å². The minimum absolute atomic E-state index is 0.0810. The van der Waals surface area contributed by atoms with Crippen molar-refractivity contribution in [1.82, 2.24) is 19.9 Å². The summed E-state index contributed by atoms with van der Waals surface area (Å²) in [5.74, 6) is 1.84. The molecule has 31 heavy (non-hydrogen) atoms. The smallest absolute Gasteiger partial charge is 0.251 e. The Hall–Kier alpha value is -3.67. The van der Waals surface area contributed by atoms with Crippen LogP contribution >= 0.6 is 0 Å². The first-order valence-corrected chi connectivity index (χ1v) is 10.5. The highest BCUT2D eigenvalue weighted by atomic mass is 16.5. The van der Waals surface area contributed by atoms with Crippen LogP contribution in [-0.4, -0.2) is 33.6 Å². The number of hydrogen-bond donors (Lipinski definition) is 1. The number of amides is 1. The fourth-order valence-corrected chi connectivity index (χ4v) is 3.58. The summed E-state index contributed by atoms with van der Waals surface area (Å²) >= 11 is 0. The molecule has 2 aromatic heterocycles. The molecule has 0 aliphatic rings. The van der Waals surface area contributed by atoms with Crippen molar-refractivity contribution in [2.45, 2.75) is 26.3 Å². The molecule has 0 fully saturated rings. The predicted molar refractivity (Wildman–Crippen MR) is 121 cm³/mol. The van der Waals surface area contributed by atoms with Crippen molar-refractivity contribution in [2.75, 3.05) is 13.2 Å². The summed E-state index contributed by atoms with van der Waals surface area (Å²) in [4.78, 5) is 20.9. The Balaban J connectivity index is 1.38. The molecule has 0 saturated heterocycles. The second-order valence-corrected chi connectivity index (χ2v) is 7.38. The highest BCUT2D eigenvalue weighted by Gasteiger charge is 2.11. The van der Waals surface area contributed by atoms with Gasteiger partial charge in [-0.25, -0.2) is 4.98 Å². The summed E-state index contributed by atoms with van der Waals surface area (Å²) < 4.78 is 8.23. The van der Waals surface area contributed by atoms with E-state index in [0.717, 1.165) is 41.0 Å². The van der Waals surface area contributed by atoms with Gasteiger partial charge in [0.25, 0.3) is 5.91 Å². The molecule has 6 nitrogen and oxygen atoms in total. The van der Waals surface area contributed by atoms with E-state index in [2.05, 4.69) is 20.9 Å². The third-order valence-corrected chi connectivity index (χ3v) is 5.20. The number of nitrogens with zero attached hydrogens (tertiary/aromatic N) is 3. The molecular weight excluding hydrogens is 388 g/mol. The van der Waals surface area contributed by atoms with Gasteiger partial charge in [-0.15, -0.1) is 0 Å². The predicted octanol–water partition coefficient (Wildman–Crippen LogP) is 4.18. The molecule has 0 saturated carbocycles. The SMILES string of the molecule is Cc1ccccc1OCCn1c(CCCNC(=O)c2ccncc2)nc2ccccc21. The number of pyridine rings is 1. The van der Waals surface area contributed by atoms with Crippen molar-refractivity contribution in [2.24, 2.45) is 0 Å². The fourth-order valence-electron chi connectivity index (χ4n) is 3.58. The van der Waals surface area contributed by atoms with Crippen molar-refractivity contribution < 1.29 is 9.53 Å². The molecule has 0 bridgehead atoms. The first kappa shape index (κ1) is 20.6. The summed E-state index contributed by atoms with van der Waals surface area (Å²) in [6.07, 6.45) is 4.82. The first-order chi connectivity index (χ1) is 15.2. The molecule has 0 unspecified atom stereocenters. The van der Waals surface area contributed by atoms with Crippen LogP contribution in [0, 0.1) is 6.92 Å². The minimum atomic E-state index is -0.0810. The van der Waals surface area contributed by atoms with Crippen molar-refractivity contribution in [1.29, 1.82) is 0 Å². The molecular formula is C25H26N4O2. The van der Waals surface area contributed by atoms with Crippen molar-refractivity contribution in [3.63, 3.8) is 0 Å². The van der Waals surface area contributed by atoms with Gasteiger partial charge in [-0.3, -0.25) is 9.78 Å². The largest absolute Gasteiger partial charge is 0.491 e. The number of hydrogen-bond acceptors (Lipinski definition) is 4. The van der Waals surface area contributed by atoms with Gasteiger partial charge in [0, 0.05) is 30.9 Å². The zero-order valence-corrected chi connectivity index (χ0v) is 17.6. The van der Waals surface area contributed by atoms with Gasteiger partial charge < -0.3 is 14.6 Å². The number of ether oxygens (including phenoxy) is 1. The zero-order valence-electron chi connectivity index (χ0n) is 17.6. The van der Waals surface area contributed by atoms with Crippen LogP contribution in [0.5, 0.6) is 5.75 Å². The zero-order chi connectivity index (χ0) is 21.5. The molecule has 0 atom stereocenters. The molecule has 2 aromatic carbocycles. The lowest BCUT2D eigenvalue weighted by Crippen LogP contribution is -2.25. The lowest BCUT2D eigenvalue weighted by Gasteiger charge is -2.12. The molecule has 0 aliphatic heterocycles. The fraction of sp³-hybridized carbons (Fsp3) is 0.240. The van der Waals surface area contributed by atoms with Crippen LogP contribution in [-0.2, 0) is 13.0 Å². The maximum atomic E-state index is 12.2. The van der Waals surface area contributed by atoms with E-state index in [1.54, 1.807) is 24.5 Å². The summed E-state index contributed by atoms with van der Waals surface area (Å²) in [6, 6.07) is 19.6. The molecule has 1 amide bonds. The van der Waals surface area contributed by atoms with Crippen LogP contribution in [0.2, 0.25) is 0 Å². The standard InChI is InChI=1S/C25H26N4O2/c1-19-7-2-5-10-23(19)31-18-17-29-22-9-4-3-8-21(22)28-24(29)11-6-14-27-25(30)20-12-15-26-16-13-20/h2-5,7-10,12-13,15-16H,6,11,14,17-18H2,1H3,(H,27,30). The van der Waals surface area contributed by atoms with Gasteiger partial charge in [0.1, 0.15) is 18.2 Å². The monoisotopic (exact) mass is 414 g/mol. The molecule has 4 rings (SSSR count). The van der Waals surface area contributed by atoms with Gasteiger partial charge >= 0.3 is 0 Å². The van der Waals surface area contributed by atoms with Crippen LogP contribution < -0.4 is 10.1 Å². The third kappa shape index (κ3) is 5.09. The average Bonchev–Trinajstić information content (AvgIpc) is 3.16. The van der Waals surface area contributed by atoms with Gasteiger partial charge in [-0.1, -0.05) is 30.3 Å². The summed E-state index contributed by atoms with van der Waals surface area (Å²) in [7, 11) is 0. The number of imidazole rings is 1. The van der Waals surface area contributed by atoms with E-state index in [-0.39, 0.29) is 5.91 Å².